The molecule has 0 radical (unpaired) electrons. The van der Waals surface area contributed by atoms with Crippen molar-refractivity contribution in [1.82, 2.24) is 4.90 Å². The largest absolute Gasteiger partial charge is 0.478 e. The van der Waals surface area contributed by atoms with Crippen LogP contribution in [-0.2, 0) is 22.6 Å². The maximum absolute atomic E-state index is 12.7. The molecule has 1 aromatic heterocycles. The second-order valence-electron chi connectivity index (χ2n) is 8.65. The number of hydrogen-bond acceptors (Lipinski definition) is 4. The van der Waals surface area contributed by atoms with Gasteiger partial charge in [-0.2, -0.15) is 0 Å². The third-order valence-electron chi connectivity index (χ3n) is 6.38. The summed E-state index contributed by atoms with van der Waals surface area (Å²) in [6, 6.07) is 7.20. The Morgan fingerprint density at radius 2 is 1.91 bits per heavy atom. The number of fused-ring (bicyclic) bond motifs is 1. The smallest absolute Gasteiger partial charge is 0.339 e. The molecule has 0 unspecified atom stereocenters. The highest BCUT2D eigenvalue weighted by atomic mass is 35.5. The van der Waals surface area contributed by atoms with Crippen molar-refractivity contribution in [2.75, 3.05) is 11.9 Å². The van der Waals surface area contributed by atoms with Gasteiger partial charge in [0.05, 0.1) is 12.1 Å². The van der Waals surface area contributed by atoms with Crippen LogP contribution < -0.4 is 5.32 Å². The van der Waals surface area contributed by atoms with Gasteiger partial charge in [0, 0.05) is 28.9 Å². The minimum Gasteiger partial charge on any atom is -0.478 e. The molecule has 0 atom stereocenters. The first-order valence-electron chi connectivity index (χ1n) is 11.3. The summed E-state index contributed by atoms with van der Waals surface area (Å²) in [5.41, 5.74) is 1.77. The molecule has 2 amide bonds. The van der Waals surface area contributed by atoms with Gasteiger partial charge >= 0.3 is 5.97 Å². The molecule has 33 heavy (non-hydrogen) atoms. The fraction of sp³-hybridized carbons (Fsp3) is 0.400. The summed E-state index contributed by atoms with van der Waals surface area (Å²) < 4.78 is 0. The van der Waals surface area contributed by atoms with Crippen LogP contribution >= 0.6 is 22.9 Å². The molecular weight excluding hydrogens is 460 g/mol. The zero-order valence-corrected chi connectivity index (χ0v) is 19.9. The lowest BCUT2D eigenvalue weighted by Crippen LogP contribution is -2.34. The van der Waals surface area contributed by atoms with Gasteiger partial charge in [0.25, 0.3) is 0 Å². The molecular formula is C25H27ClN2O4S. The Hall–Kier alpha value is -2.64. The van der Waals surface area contributed by atoms with E-state index in [1.165, 1.54) is 43.1 Å². The molecule has 1 saturated carbocycles. The predicted molar refractivity (Wildman–Crippen MR) is 131 cm³/mol. The zero-order valence-electron chi connectivity index (χ0n) is 18.3. The highest BCUT2D eigenvalue weighted by Crippen LogP contribution is 2.37. The highest BCUT2D eigenvalue weighted by molar-refractivity contribution is 7.17. The Labute approximate surface area is 202 Å². The molecule has 1 aromatic carbocycles. The minimum absolute atomic E-state index is 0.136. The van der Waals surface area contributed by atoms with Crippen molar-refractivity contribution in [2.24, 2.45) is 5.92 Å². The lowest BCUT2D eigenvalue weighted by Gasteiger charge is -2.26. The SMILES string of the molecule is O=C(CCC1CCCC1)Nc1sc2c(c1C(=O)O)CCN(C(=O)C=Cc1ccc(Cl)cc1)C2. The van der Waals surface area contributed by atoms with E-state index < -0.39 is 5.97 Å². The highest BCUT2D eigenvalue weighted by Gasteiger charge is 2.30. The van der Waals surface area contributed by atoms with Crippen molar-refractivity contribution in [2.45, 2.75) is 51.5 Å². The Balaban J connectivity index is 1.42. The first-order chi connectivity index (χ1) is 15.9. The van der Waals surface area contributed by atoms with Crippen molar-refractivity contribution in [3.63, 3.8) is 0 Å². The molecule has 2 N–H and O–H groups in total. The van der Waals surface area contributed by atoms with Crippen molar-refractivity contribution < 1.29 is 19.5 Å². The van der Waals surface area contributed by atoms with Gasteiger partial charge in [-0.3, -0.25) is 9.59 Å². The van der Waals surface area contributed by atoms with Gasteiger partial charge in [-0.05, 0) is 48.1 Å². The first kappa shape index (κ1) is 23.5. The molecule has 1 aliphatic carbocycles. The van der Waals surface area contributed by atoms with Crippen LogP contribution in [0.4, 0.5) is 5.00 Å². The van der Waals surface area contributed by atoms with E-state index in [-0.39, 0.29) is 17.4 Å². The van der Waals surface area contributed by atoms with Crippen molar-refractivity contribution in [3.8, 4) is 0 Å². The molecule has 2 heterocycles. The Bertz CT molecular complexity index is 1070. The number of hydrogen-bond donors (Lipinski definition) is 2. The van der Waals surface area contributed by atoms with E-state index in [9.17, 15) is 19.5 Å². The minimum atomic E-state index is -1.04. The molecule has 0 spiro atoms. The van der Waals surface area contributed by atoms with Crippen molar-refractivity contribution in [1.29, 1.82) is 0 Å². The summed E-state index contributed by atoms with van der Waals surface area (Å²) in [5.74, 6) is -0.711. The van der Waals surface area contributed by atoms with E-state index in [1.807, 2.05) is 12.1 Å². The monoisotopic (exact) mass is 486 g/mol. The Morgan fingerprint density at radius 1 is 1.18 bits per heavy atom. The molecule has 0 bridgehead atoms. The summed E-state index contributed by atoms with van der Waals surface area (Å²) in [5, 5.41) is 13.6. The van der Waals surface area contributed by atoms with Crippen LogP contribution in [0.1, 0.15) is 64.9 Å². The van der Waals surface area contributed by atoms with E-state index >= 15 is 0 Å². The number of carboxylic acids is 1. The number of benzene rings is 1. The number of aromatic carboxylic acids is 1. The van der Waals surface area contributed by atoms with Gasteiger partial charge in [0.15, 0.2) is 0 Å². The molecule has 8 heteroatoms. The average Bonchev–Trinajstić information content (AvgIpc) is 3.44. The number of thiophene rings is 1. The van der Waals surface area contributed by atoms with Gasteiger partial charge in [0.1, 0.15) is 5.00 Å². The molecule has 0 saturated heterocycles. The number of carboxylic acid groups (broad SMARTS) is 1. The quantitative estimate of drug-likeness (QED) is 0.498. The van der Waals surface area contributed by atoms with E-state index in [4.69, 9.17) is 11.6 Å². The maximum atomic E-state index is 12.7. The number of rotatable bonds is 7. The number of anilines is 1. The number of carbonyl (C=O) groups excluding carboxylic acids is 2. The fourth-order valence-electron chi connectivity index (χ4n) is 4.58. The number of nitrogens with one attached hydrogen (secondary N) is 1. The molecule has 2 aliphatic rings. The van der Waals surface area contributed by atoms with E-state index in [0.717, 1.165) is 22.4 Å². The number of halogens is 1. The topological polar surface area (TPSA) is 86.7 Å². The molecule has 1 fully saturated rings. The summed E-state index contributed by atoms with van der Waals surface area (Å²) >= 11 is 7.16. The normalized spacial score (nSPS) is 16.2. The van der Waals surface area contributed by atoms with Crippen molar-refractivity contribution in [3.05, 3.63) is 56.9 Å². The molecule has 6 nitrogen and oxygen atoms in total. The fourth-order valence-corrected chi connectivity index (χ4v) is 5.97. The van der Waals surface area contributed by atoms with Crippen LogP contribution in [0.5, 0.6) is 0 Å². The predicted octanol–water partition coefficient (Wildman–Crippen LogP) is 5.61. The van der Waals surface area contributed by atoms with Crippen LogP contribution in [0.2, 0.25) is 5.02 Å². The van der Waals surface area contributed by atoms with Crippen LogP contribution in [0, 0.1) is 5.92 Å². The lowest BCUT2D eigenvalue weighted by atomic mass is 10.0. The third kappa shape index (κ3) is 5.84. The summed E-state index contributed by atoms with van der Waals surface area (Å²) in [7, 11) is 0. The van der Waals surface area contributed by atoms with Crippen LogP contribution in [0.3, 0.4) is 0 Å². The zero-order chi connectivity index (χ0) is 23.4. The first-order valence-corrected chi connectivity index (χ1v) is 12.5. The lowest BCUT2D eigenvalue weighted by molar-refractivity contribution is -0.126. The average molecular weight is 487 g/mol. The van der Waals surface area contributed by atoms with Crippen LogP contribution in [0.25, 0.3) is 6.08 Å². The maximum Gasteiger partial charge on any atom is 0.339 e. The van der Waals surface area contributed by atoms with Gasteiger partial charge in [-0.25, -0.2) is 4.79 Å². The standard InChI is InChI=1S/C25H27ClN2O4S/c26-18-9-5-17(6-10-18)8-12-22(30)28-14-13-19-20(15-28)33-24(23(19)25(31)32)27-21(29)11-7-16-3-1-2-4-16/h5-6,8-10,12,16H,1-4,7,11,13-15H2,(H,27,29)(H,31,32). The third-order valence-corrected chi connectivity index (χ3v) is 7.76. The van der Waals surface area contributed by atoms with Gasteiger partial charge < -0.3 is 15.3 Å². The van der Waals surface area contributed by atoms with E-state index in [2.05, 4.69) is 5.32 Å². The summed E-state index contributed by atoms with van der Waals surface area (Å²) in [6.45, 7) is 0.769. The number of amides is 2. The molecule has 4 rings (SSSR count). The van der Waals surface area contributed by atoms with E-state index in [0.29, 0.717) is 41.9 Å². The summed E-state index contributed by atoms with van der Waals surface area (Å²) in [4.78, 5) is 39.7. The Kier molecular flexibility index (Phi) is 7.50. The van der Waals surface area contributed by atoms with Crippen LogP contribution in [0.15, 0.2) is 30.3 Å². The molecule has 1 aliphatic heterocycles. The van der Waals surface area contributed by atoms with E-state index in [1.54, 1.807) is 23.1 Å². The second kappa shape index (κ2) is 10.5. The van der Waals surface area contributed by atoms with Gasteiger partial charge in [-0.1, -0.05) is 49.4 Å². The van der Waals surface area contributed by atoms with Gasteiger partial charge in [-0.15, -0.1) is 11.3 Å². The number of nitrogens with zero attached hydrogens (tertiary/aromatic N) is 1. The van der Waals surface area contributed by atoms with Gasteiger partial charge in [0.2, 0.25) is 11.8 Å². The van der Waals surface area contributed by atoms with Crippen LogP contribution in [-0.4, -0.2) is 34.3 Å². The molecule has 2 aromatic rings. The number of carbonyl (C=O) groups is 3. The summed E-state index contributed by atoms with van der Waals surface area (Å²) in [6.07, 6.45) is 9.79. The molecule has 174 valence electrons. The second-order valence-corrected chi connectivity index (χ2v) is 10.2. The van der Waals surface area contributed by atoms with Crippen molar-refractivity contribution >= 4 is 51.8 Å². The Morgan fingerprint density at radius 3 is 2.61 bits per heavy atom.